The van der Waals surface area contributed by atoms with Gasteiger partial charge in [-0.05, 0) is 61.0 Å². The lowest BCUT2D eigenvalue weighted by Crippen LogP contribution is -2.55. The molecule has 0 spiro atoms. The minimum Gasteiger partial charge on any atom is -0.372 e. The summed E-state index contributed by atoms with van der Waals surface area (Å²) in [5.74, 6) is -0.283. The molecule has 2 saturated heterocycles. The average molecular weight is 488 g/mol. The molecule has 0 saturated carbocycles. The number of likely N-dealkylation sites (tertiary alicyclic amines) is 1. The first-order chi connectivity index (χ1) is 16.7. The van der Waals surface area contributed by atoms with Crippen LogP contribution in [-0.2, 0) is 11.3 Å². The van der Waals surface area contributed by atoms with E-state index in [1.54, 1.807) is 29.2 Å². The number of nitrogens with one attached hydrogen (secondary N) is 1. The van der Waals surface area contributed by atoms with Gasteiger partial charge in [-0.25, -0.2) is 0 Å². The number of hydrogen-bond acceptors (Lipinski definition) is 4. The van der Waals surface area contributed by atoms with E-state index in [2.05, 4.69) is 5.32 Å². The molecule has 2 aromatic rings. The van der Waals surface area contributed by atoms with E-state index in [9.17, 15) is 27.9 Å². The van der Waals surface area contributed by atoms with Gasteiger partial charge in [-0.15, -0.1) is 0 Å². The summed E-state index contributed by atoms with van der Waals surface area (Å²) in [6.45, 7) is 1.02. The maximum Gasteiger partial charge on any atom is 0.408 e. The van der Waals surface area contributed by atoms with Crippen LogP contribution in [0.25, 0.3) is 0 Å². The minimum absolute atomic E-state index is 0.116. The second kappa shape index (κ2) is 9.28. The molecular formula is C26H28F3N3O3. The van der Waals surface area contributed by atoms with E-state index in [-0.39, 0.29) is 29.7 Å². The summed E-state index contributed by atoms with van der Waals surface area (Å²) in [6.07, 6.45) is -3.58. The summed E-state index contributed by atoms with van der Waals surface area (Å²) in [5.41, 5.74) is 2.72. The number of fused-ring (bicyclic) bond motifs is 1. The van der Waals surface area contributed by atoms with E-state index in [0.717, 1.165) is 11.1 Å². The molecule has 5 rings (SSSR count). The van der Waals surface area contributed by atoms with Crippen LogP contribution in [0.3, 0.4) is 0 Å². The van der Waals surface area contributed by atoms with Crippen LogP contribution in [0.4, 0.5) is 13.2 Å². The quantitative estimate of drug-likeness (QED) is 0.690. The Morgan fingerprint density at radius 1 is 1.00 bits per heavy atom. The highest BCUT2D eigenvalue weighted by molar-refractivity contribution is 5.98. The summed E-state index contributed by atoms with van der Waals surface area (Å²) >= 11 is 0. The van der Waals surface area contributed by atoms with Crippen LogP contribution < -0.4 is 5.32 Å². The molecule has 2 N–H and O–H groups in total. The molecule has 0 aliphatic carbocycles. The van der Waals surface area contributed by atoms with Gasteiger partial charge in [-0.1, -0.05) is 42.5 Å². The Morgan fingerprint density at radius 2 is 1.71 bits per heavy atom. The summed E-state index contributed by atoms with van der Waals surface area (Å²) < 4.78 is 41.8. The highest BCUT2D eigenvalue weighted by Crippen LogP contribution is 2.41. The number of alkyl halides is 3. The molecule has 3 aliphatic heterocycles. The Kier molecular flexibility index (Phi) is 6.31. The standard InChI is InChI=1S/C26H28F3N3O3/c27-26(28,29)23(17-4-2-1-3-5-17)31-12-10-16(11-13-31)18-6-7-20-19(14-18)15-32(25(20)35)21-8-9-22(33)30-24(21)34/h1-7,14,16,21,23-24,34H,8-13,15H2,(H,30,33). The molecule has 2 aromatic carbocycles. The van der Waals surface area contributed by atoms with Crippen LogP contribution in [0.15, 0.2) is 48.5 Å². The maximum atomic E-state index is 13.9. The van der Waals surface area contributed by atoms with Gasteiger partial charge in [0, 0.05) is 18.5 Å². The van der Waals surface area contributed by atoms with Gasteiger partial charge < -0.3 is 15.3 Å². The second-order valence-electron chi connectivity index (χ2n) is 9.63. The molecular weight excluding hydrogens is 459 g/mol. The van der Waals surface area contributed by atoms with Crippen LogP contribution in [0, 0.1) is 0 Å². The predicted octanol–water partition coefficient (Wildman–Crippen LogP) is 3.72. The summed E-state index contributed by atoms with van der Waals surface area (Å²) in [4.78, 5) is 27.6. The molecule has 0 aromatic heterocycles. The van der Waals surface area contributed by atoms with Crippen molar-refractivity contribution in [1.82, 2.24) is 15.1 Å². The number of nitrogens with zero attached hydrogens (tertiary/aromatic N) is 2. The Hall–Kier alpha value is -2.91. The first kappa shape index (κ1) is 23.8. The van der Waals surface area contributed by atoms with Gasteiger partial charge in [0.2, 0.25) is 5.91 Å². The number of carbonyl (C=O) groups is 2. The van der Waals surface area contributed by atoms with Crippen molar-refractivity contribution in [2.24, 2.45) is 0 Å². The Bertz CT molecular complexity index is 1100. The lowest BCUT2D eigenvalue weighted by Gasteiger charge is -2.38. The highest BCUT2D eigenvalue weighted by Gasteiger charge is 2.45. The van der Waals surface area contributed by atoms with Gasteiger partial charge in [0.25, 0.3) is 5.91 Å². The number of aliphatic hydroxyl groups excluding tert-OH is 1. The van der Waals surface area contributed by atoms with Gasteiger partial charge >= 0.3 is 6.18 Å². The number of benzene rings is 2. The molecule has 3 aliphatic rings. The summed E-state index contributed by atoms with van der Waals surface area (Å²) in [6, 6.07) is 11.6. The van der Waals surface area contributed by atoms with Crippen molar-refractivity contribution in [3.8, 4) is 0 Å². The third-order valence-corrected chi connectivity index (χ3v) is 7.49. The summed E-state index contributed by atoms with van der Waals surface area (Å²) in [7, 11) is 0. The number of rotatable bonds is 4. The fourth-order valence-electron chi connectivity index (χ4n) is 5.71. The third-order valence-electron chi connectivity index (χ3n) is 7.49. The molecule has 2 fully saturated rings. The third kappa shape index (κ3) is 4.67. The zero-order valence-electron chi connectivity index (χ0n) is 19.2. The van der Waals surface area contributed by atoms with Gasteiger partial charge in [-0.3, -0.25) is 14.5 Å². The van der Waals surface area contributed by atoms with Crippen molar-refractivity contribution in [3.05, 3.63) is 70.8 Å². The molecule has 35 heavy (non-hydrogen) atoms. The number of piperidine rings is 2. The van der Waals surface area contributed by atoms with Crippen molar-refractivity contribution in [2.75, 3.05) is 13.1 Å². The molecule has 3 unspecified atom stereocenters. The Labute approximate surface area is 201 Å². The van der Waals surface area contributed by atoms with Crippen LogP contribution in [0.5, 0.6) is 0 Å². The molecule has 186 valence electrons. The second-order valence-corrected chi connectivity index (χ2v) is 9.63. The largest absolute Gasteiger partial charge is 0.408 e. The van der Waals surface area contributed by atoms with Gasteiger partial charge in [-0.2, -0.15) is 13.2 Å². The van der Waals surface area contributed by atoms with E-state index in [0.29, 0.717) is 44.5 Å². The van der Waals surface area contributed by atoms with Gasteiger partial charge in [0.05, 0.1) is 6.04 Å². The molecule has 0 bridgehead atoms. The molecule has 2 amide bonds. The molecule has 9 heteroatoms. The number of carbonyl (C=O) groups excluding carboxylic acids is 2. The normalized spacial score (nSPS) is 24.9. The number of amides is 2. The molecule has 3 atom stereocenters. The first-order valence-electron chi connectivity index (χ1n) is 12.0. The predicted molar refractivity (Wildman–Crippen MR) is 122 cm³/mol. The lowest BCUT2D eigenvalue weighted by atomic mass is 9.87. The molecule has 6 nitrogen and oxygen atoms in total. The maximum absolute atomic E-state index is 13.9. The summed E-state index contributed by atoms with van der Waals surface area (Å²) in [5, 5.41) is 12.7. The lowest BCUT2D eigenvalue weighted by molar-refractivity contribution is -0.189. The van der Waals surface area contributed by atoms with E-state index >= 15 is 0 Å². The first-order valence-corrected chi connectivity index (χ1v) is 12.0. The van der Waals surface area contributed by atoms with E-state index in [4.69, 9.17) is 0 Å². The van der Waals surface area contributed by atoms with E-state index in [1.165, 1.54) is 17.0 Å². The van der Waals surface area contributed by atoms with E-state index < -0.39 is 24.5 Å². The monoisotopic (exact) mass is 487 g/mol. The smallest absolute Gasteiger partial charge is 0.372 e. The van der Waals surface area contributed by atoms with Crippen molar-refractivity contribution >= 4 is 11.8 Å². The fourth-order valence-corrected chi connectivity index (χ4v) is 5.71. The van der Waals surface area contributed by atoms with Crippen LogP contribution in [0.1, 0.15) is 64.7 Å². The van der Waals surface area contributed by atoms with Crippen molar-refractivity contribution in [1.29, 1.82) is 0 Å². The number of hydrogen-bond donors (Lipinski definition) is 2. The molecule has 3 heterocycles. The van der Waals surface area contributed by atoms with Crippen molar-refractivity contribution in [3.63, 3.8) is 0 Å². The zero-order chi connectivity index (χ0) is 24.7. The number of halogens is 3. The van der Waals surface area contributed by atoms with Gasteiger partial charge in [0.1, 0.15) is 12.3 Å². The zero-order valence-corrected chi connectivity index (χ0v) is 19.2. The average Bonchev–Trinajstić information content (AvgIpc) is 3.15. The van der Waals surface area contributed by atoms with Crippen LogP contribution in [0.2, 0.25) is 0 Å². The number of aliphatic hydroxyl groups is 1. The minimum atomic E-state index is -4.35. The van der Waals surface area contributed by atoms with Crippen molar-refractivity contribution < 1.29 is 27.9 Å². The topological polar surface area (TPSA) is 72.9 Å². The highest BCUT2D eigenvalue weighted by atomic mass is 19.4. The van der Waals surface area contributed by atoms with Crippen LogP contribution in [-0.4, -0.2) is 58.3 Å². The van der Waals surface area contributed by atoms with E-state index in [1.807, 2.05) is 12.1 Å². The Balaban J connectivity index is 1.27. The van der Waals surface area contributed by atoms with Crippen molar-refractivity contribution in [2.45, 2.75) is 62.6 Å². The van der Waals surface area contributed by atoms with Crippen LogP contribution >= 0.6 is 0 Å². The van der Waals surface area contributed by atoms with Gasteiger partial charge in [0.15, 0.2) is 0 Å². The fraction of sp³-hybridized carbons (Fsp3) is 0.462. The molecule has 0 radical (unpaired) electrons. The SMILES string of the molecule is O=C1CCC(N2Cc3cc(C4CCN(C(c5ccccc5)C(F)(F)F)CC4)ccc3C2=O)C(O)N1. The Morgan fingerprint density at radius 3 is 2.37 bits per heavy atom.